The number of carbonyl (C=O) groups is 1. The summed E-state index contributed by atoms with van der Waals surface area (Å²) < 4.78 is 10.8. The minimum absolute atomic E-state index is 0.0269. The van der Waals surface area contributed by atoms with Gasteiger partial charge in [-0.05, 0) is 35.2 Å². The Morgan fingerprint density at radius 2 is 1.93 bits per heavy atom. The summed E-state index contributed by atoms with van der Waals surface area (Å²) in [6, 6.07) is 8.60. The van der Waals surface area contributed by atoms with Crippen LogP contribution in [0.4, 0.5) is 0 Å². The molecule has 0 bridgehead atoms. The van der Waals surface area contributed by atoms with E-state index in [0.29, 0.717) is 35.0 Å². The van der Waals surface area contributed by atoms with Gasteiger partial charge < -0.3 is 24.6 Å². The number of fused-ring (bicyclic) bond motifs is 1. The van der Waals surface area contributed by atoms with E-state index < -0.39 is 0 Å². The van der Waals surface area contributed by atoms with E-state index in [1.54, 1.807) is 11.0 Å². The normalized spacial score (nSPS) is 15.6. The van der Waals surface area contributed by atoms with Gasteiger partial charge in [-0.25, -0.2) is 5.43 Å². The van der Waals surface area contributed by atoms with Gasteiger partial charge in [0.05, 0.1) is 5.56 Å². The first-order valence-corrected chi connectivity index (χ1v) is 8.98. The number of aromatic hydroxyl groups is 2. The molecule has 0 atom stereocenters. The molecule has 8 heteroatoms. The Bertz CT molecular complexity index is 971. The molecule has 4 rings (SSSR count). The van der Waals surface area contributed by atoms with Gasteiger partial charge in [-0.3, -0.25) is 4.79 Å². The molecule has 0 fully saturated rings. The maximum Gasteiger partial charge on any atom is 0.259 e. The first-order chi connectivity index (χ1) is 13.4. The Labute approximate surface area is 162 Å². The molecule has 0 aliphatic carbocycles. The van der Waals surface area contributed by atoms with Crippen molar-refractivity contribution in [2.24, 2.45) is 5.10 Å². The summed E-state index contributed by atoms with van der Waals surface area (Å²) in [5, 5.41) is 24.7. The van der Waals surface area contributed by atoms with Crippen molar-refractivity contribution < 1.29 is 24.5 Å². The Balaban J connectivity index is 1.69. The van der Waals surface area contributed by atoms with E-state index in [1.807, 2.05) is 32.0 Å². The van der Waals surface area contributed by atoms with Crippen LogP contribution in [0.1, 0.15) is 36.5 Å². The van der Waals surface area contributed by atoms with Crippen LogP contribution in [-0.2, 0) is 11.3 Å². The van der Waals surface area contributed by atoms with Gasteiger partial charge in [0.25, 0.3) is 5.91 Å². The van der Waals surface area contributed by atoms with E-state index in [4.69, 9.17) is 9.47 Å². The number of phenolic OH excluding ortho intramolecular Hbond substituents is 2. The second kappa shape index (κ2) is 6.95. The molecule has 28 heavy (non-hydrogen) atoms. The largest absolute Gasteiger partial charge is 0.508 e. The molecule has 8 nitrogen and oxygen atoms in total. The lowest BCUT2D eigenvalue weighted by molar-refractivity contribution is -0.122. The van der Waals surface area contributed by atoms with Crippen LogP contribution in [-0.4, -0.2) is 40.2 Å². The van der Waals surface area contributed by atoms with E-state index in [-0.39, 0.29) is 36.7 Å². The number of carbonyl (C=O) groups excluding carboxylic acids is 1. The molecule has 0 spiro atoms. The molecule has 2 heterocycles. The molecule has 2 aliphatic rings. The number of amidine groups is 1. The van der Waals surface area contributed by atoms with Crippen LogP contribution in [0.2, 0.25) is 0 Å². The highest BCUT2D eigenvalue weighted by atomic mass is 16.7. The van der Waals surface area contributed by atoms with Crippen molar-refractivity contribution >= 4 is 11.7 Å². The monoisotopic (exact) mass is 383 g/mol. The van der Waals surface area contributed by atoms with E-state index in [0.717, 1.165) is 5.56 Å². The maximum absolute atomic E-state index is 11.9. The Hall–Kier alpha value is -3.42. The van der Waals surface area contributed by atoms with Crippen LogP contribution in [0.5, 0.6) is 23.0 Å². The van der Waals surface area contributed by atoms with E-state index in [1.165, 1.54) is 6.07 Å². The number of benzene rings is 2. The van der Waals surface area contributed by atoms with Gasteiger partial charge in [0.15, 0.2) is 17.3 Å². The summed E-state index contributed by atoms with van der Waals surface area (Å²) in [6.45, 7) is 4.57. The predicted molar refractivity (Wildman–Crippen MR) is 102 cm³/mol. The number of phenols is 2. The maximum atomic E-state index is 11.9. The number of hydrogen-bond acceptors (Lipinski definition) is 7. The molecule has 0 unspecified atom stereocenters. The van der Waals surface area contributed by atoms with Crippen molar-refractivity contribution in [3.8, 4) is 23.0 Å². The molecule has 2 aliphatic heterocycles. The van der Waals surface area contributed by atoms with Crippen molar-refractivity contribution in [3.63, 3.8) is 0 Å². The van der Waals surface area contributed by atoms with Crippen LogP contribution < -0.4 is 14.9 Å². The number of hydrogen-bond donors (Lipinski definition) is 3. The van der Waals surface area contributed by atoms with Crippen molar-refractivity contribution in [3.05, 3.63) is 47.0 Å². The standard InChI is InChI=1S/C20H21N3O5/c1-11(2)13-6-14(16(25)7-15(13)24)20-22-21-19(26)9-23(20)8-12-3-4-17-18(5-12)28-10-27-17/h3-7,11,24-25H,8-10H2,1-2H3,(H,21,26). The molecular formula is C20H21N3O5. The highest BCUT2D eigenvalue weighted by Gasteiger charge is 2.26. The van der Waals surface area contributed by atoms with Gasteiger partial charge in [-0.2, -0.15) is 5.10 Å². The molecule has 2 aromatic rings. The second-order valence-electron chi connectivity index (χ2n) is 7.10. The first kappa shape index (κ1) is 18.0. The summed E-state index contributed by atoms with van der Waals surface area (Å²) >= 11 is 0. The Morgan fingerprint density at radius 3 is 2.71 bits per heavy atom. The highest BCUT2D eigenvalue weighted by Crippen LogP contribution is 2.35. The van der Waals surface area contributed by atoms with Crippen molar-refractivity contribution in [2.75, 3.05) is 13.3 Å². The van der Waals surface area contributed by atoms with Crippen molar-refractivity contribution in [1.29, 1.82) is 0 Å². The molecule has 146 valence electrons. The zero-order valence-corrected chi connectivity index (χ0v) is 15.6. The van der Waals surface area contributed by atoms with Gasteiger partial charge in [0.1, 0.15) is 18.0 Å². The topological polar surface area (TPSA) is 104 Å². The minimum atomic E-state index is -0.244. The number of amides is 1. The third kappa shape index (κ3) is 3.28. The Morgan fingerprint density at radius 1 is 1.14 bits per heavy atom. The van der Waals surface area contributed by atoms with E-state index in [2.05, 4.69) is 10.5 Å². The average Bonchev–Trinajstić information content (AvgIpc) is 3.10. The SMILES string of the molecule is CC(C)c1cc(C2=NNC(=O)CN2Cc2ccc3c(c2)OCO3)c(O)cc1O. The second-order valence-corrected chi connectivity index (χ2v) is 7.10. The zero-order chi connectivity index (χ0) is 19.8. The number of rotatable bonds is 4. The van der Waals surface area contributed by atoms with Crippen molar-refractivity contribution in [2.45, 2.75) is 26.3 Å². The van der Waals surface area contributed by atoms with Crippen LogP contribution >= 0.6 is 0 Å². The van der Waals surface area contributed by atoms with Gasteiger partial charge in [0.2, 0.25) is 6.79 Å². The molecular weight excluding hydrogens is 362 g/mol. The Kier molecular flexibility index (Phi) is 4.46. The van der Waals surface area contributed by atoms with Gasteiger partial charge in [-0.15, -0.1) is 0 Å². The molecule has 0 saturated heterocycles. The molecule has 0 saturated carbocycles. The summed E-state index contributed by atoms with van der Waals surface area (Å²) in [6.07, 6.45) is 0. The van der Waals surface area contributed by atoms with E-state index >= 15 is 0 Å². The average molecular weight is 383 g/mol. The fraction of sp³-hybridized carbons (Fsp3) is 0.300. The lowest BCUT2D eigenvalue weighted by atomic mass is 9.98. The smallest absolute Gasteiger partial charge is 0.259 e. The highest BCUT2D eigenvalue weighted by molar-refractivity contribution is 6.05. The van der Waals surface area contributed by atoms with Crippen LogP contribution in [0.15, 0.2) is 35.4 Å². The lowest BCUT2D eigenvalue weighted by Gasteiger charge is -2.29. The quantitative estimate of drug-likeness (QED) is 0.748. The lowest BCUT2D eigenvalue weighted by Crippen LogP contribution is -2.45. The summed E-state index contributed by atoms with van der Waals surface area (Å²) in [5.74, 6) is 1.51. The summed E-state index contributed by atoms with van der Waals surface area (Å²) in [5.41, 5.74) is 4.52. The number of hydrazone groups is 1. The van der Waals surface area contributed by atoms with Gasteiger partial charge in [-0.1, -0.05) is 19.9 Å². The third-order valence-electron chi connectivity index (χ3n) is 4.74. The van der Waals surface area contributed by atoms with Crippen LogP contribution in [0, 0.1) is 0 Å². The molecule has 0 aromatic heterocycles. The summed E-state index contributed by atoms with van der Waals surface area (Å²) in [4.78, 5) is 13.7. The van der Waals surface area contributed by atoms with Gasteiger partial charge >= 0.3 is 0 Å². The minimum Gasteiger partial charge on any atom is -0.508 e. The molecule has 3 N–H and O–H groups in total. The molecule has 0 radical (unpaired) electrons. The fourth-order valence-corrected chi connectivity index (χ4v) is 3.33. The first-order valence-electron chi connectivity index (χ1n) is 8.98. The predicted octanol–water partition coefficient (Wildman–Crippen LogP) is 2.24. The van der Waals surface area contributed by atoms with Crippen molar-refractivity contribution in [1.82, 2.24) is 10.3 Å². The summed E-state index contributed by atoms with van der Waals surface area (Å²) in [7, 11) is 0. The van der Waals surface area contributed by atoms with E-state index in [9.17, 15) is 15.0 Å². The zero-order valence-electron chi connectivity index (χ0n) is 15.6. The number of nitrogens with one attached hydrogen (secondary N) is 1. The van der Waals surface area contributed by atoms with Crippen LogP contribution in [0.3, 0.4) is 0 Å². The number of ether oxygens (including phenoxy) is 2. The third-order valence-corrected chi connectivity index (χ3v) is 4.74. The fourth-order valence-electron chi connectivity index (χ4n) is 3.33. The van der Waals surface area contributed by atoms with Gasteiger partial charge in [0, 0.05) is 12.6 Å². The van der Waals surface area contributed by atoms with Crippen LogP contribution in [0.25, 0.3) is 0 Å². The molecule has 1 amide bonds. The number of nitrogens with zero attached hydrogens (tertiary/aromatic N) is 2. The molecule has 2 aromatic carbocycles.